The molecule has 0 aliphatic carbocycles. The van der Waals surface area contributed by atoms with Gasteiger partial charge in [-0.3, -0.25) is 4.99 Å². The fourth-order valence-electron chi connectivity index (χ4n) is 2.50. The van der Waals surface area contributed by atoms with E-state index in [9.17, 15) is 0 Å². The highest BCUT2D eigenvalue weighted by molar-refractivity contribution is 14.0. The van der Waals surface area contributed by atoms with E-state index in [-0.39, 0.29) is 30.1 Å². The van der Waals surface area contributed by atoms with E-state index in [1.54, 1.807) is 7.11 Å². The molecule has 1 aliphatic rings. The Bertz CT molecular complexity index is 523. The normalized spacial score (nSPS) is 17.3. The van der Waals surface area contributed by atoms with Crippen molar-refractivity contribution >= 4 is 41.5 Å². The summed E-state index contributed by atoms with van der Waals surface area (Å²) in [4.78, 5) is 4.59. The number of ether oxygens (including phenoxy) is 2. The lowest BCUT2D eigenvalue weighted by Crippen LogP contribution is -2.39. The Kier molecular flexibility index (Phi) is 10.4. The first-order valence-corrected chi connectivity index (χ1v) is 8.57. The molecule has 0 radical (unpaired) electrons. The molecule has 7 heteroatoms. The lowest BCUT2D eigenvalue weighted by atomic mass is 10.1. The predicted molar refractivity (Wildman–Crippen MR) is 110 cm³/mol. The van der Waals surface area contributed by atoms with Crippen molar-refractivity contribution in [3.8, 4) is 5.75 Å². The number of nitrogens with one attached hydrogen (secondary N) is 2. The van der Waals surface area contributed by atoms with Gasteiger partial charge in [-0.15, -0.1) is 24.0 Å². The van der Waals surface area contributed by atoms with Crippen LogP contribution in [0.1, 0.15) is 25.3 Å². The number of methoxy groups -OCH3 is 1. The van der Waals surface area contributed by atoms with E-state index >= 15 is 0 Å². The van der Waals surface area contributed by atoms with Gasteiger partial charge in [0.25, 0.3) is 0 Å². The third kappa shape index (κ3) is 7.03. The van der Waals surface area contributed by atoms with Crippen molar-refractivity contribution in [1.82, 2.24) is 10.6 Å². The van der Waals surface area contributed by atoms with E-state index < -0.39 is 0 Å². The van der Waals surface area contributed by atoms with Crippen LogP contribution in [0.15, 0.2) is 23.2 Å². The number of aliphatic imine (C=N–C) groups is 1. The average molecular weight is 468 g/mol. The molecule has 0 spiro atoms. The molecule has 1 aliphatic heterocycles. The van der Waals surface area contributed by atoms with Crippen LogP contribution in [0.4, 0.5) is 0 Å². The highest BCUT2D eigenvalue weighted by atomic mass is 127. The Labute approximate surface area is 166 Å². The largest absolute Gasteiger partial charge is 0.497 e. The molecule has 0 bridgehead atoms. The standard InChI is InChI=1S/C17H26ClN3O2.HI/c1-3-19-17(21-12-15-5-4-10-23-15)20-9-8-13-6-7-14(22-2)11-16(13)18;/h6-7,11,15H,3-5,8-10,12H2,1-2H3,(H2,19,20,21);1H. The van der Waals surface area contributed by atoms with E-state index in [0.717, 1.165) is 61.3 Å². The number of rotatable bonds is 7. The molecule has 0 amide bonds. The molecule has 24 heavy (non-hydrogen) atoms. The van der Waals surface area contributed by atoms with E-state index in [4.69, 9.17) is 21.1 Å². The van der Waals surface area contributed by atoms with Gasteiger partial charge < -0.3 is 20.1 Å². The minimum absolute atomic E-state index is 0. The van der Waals surface area contributed by atoms with E-state index in [1.165, 1.54) is 0 Å². The van der Waals surface area contributed by atoms with Gasteiger partial charge in [0.15, 0.2) is 5.96 Å². The van der Waals surface area contributed by atoms with Crippen LogP contribution in [0.2, 0.25) is 5.02 Å². The first kappa shape index (κ1) is 21.3. The summed E-state index contributed by atoms with van der Waals surface area (Å²) in [6.45, 7) is 5.23. The van der Waals surface area contributed by atoms with Crippen LogP contribution >= 0.6 is 35.6 Å². The third-order valence-corrected chi connectivity index (χ3v) is 4.12. The van der Waals surface area contributed by atoms with Gasteiger partial charge in [0.2, 0.25) is 0 Å². The second-order valence-electron chi connectivity index (χ2n) is 5.49. The fourth-order valence-corrected chi connectivity index (χ4v) is 2.76. The average Bonchev–Trinajstić information content (AvgIpc) is 3.07. The van der Waals surface area contributed by atoms with Crippen LogP contribution in [0.25, 0.3) is 0 Å². The fraction of sp³-hybridized carbons (Fsp3) is 0.588. The molecule has 0 saturated carbocycles. The topological polar surface area (TPSA) is 54.9 Å². The minimum Gasteiger partial charge on any atom is -0.497 e. The Morgan fingerprint density at radius 3 is 2.88 bits per heavy atom. The molecule has 1 heterocycles. The molecule has 136 valence electrons. The number of hydrogen-bond acceptors (Lipinski definition) is 3. The number of nitrogens with zero attached hydrogens (tertiary/aromatic N) is 1. The second-order valence-corrected chi connectivity index (χ2v) is 5.90. The van der Waals surface area contributed by atoms with Gasteiger partial charge in [-0.05, 0) is 43.9 Å². The summed E-state index contributed by atoms with van der Waals surface area (Å²) in [5.74, 6) is 1.60. The summed E-state index contributed by atoms with van der Waals surface area (Å²) in [7, 11) is 1.64. The van der Waals surface area contributed by atoms with Gasteiger partial charge in [0.1, 0.15) is 5.75 Å². The minimum atomic E-state index is 0. The highest BCUT2D eigenvalue weighted by Crippen LogP contribution is 2.22. The molecule has 2 rings (SSSR count). The van der Waals surface area contributed by atoms with Crippen molar-refractivity contribution in [3.05, 3.63) is 28.8 Å². The molecular formula is C17H27ClIN3O2. The maximum Gasteiger partial charge on any atom is 0.191 e. The summed E-state index contributed by atoms with van der Waals surface area (Å²) in [5.41, 5.74) is 1.09. The second kappa shape index (κ2) is 11.8. The number of halogens is 2. The van der Waals surface area contributed by atoms with Crippen LogP contribution in [0, 0.1) is 0 Å². The van der Waals surface area contributed by atoms with Crippen molar-refractivity contribution in [2.24, 2.45) is 4.99 Å². The molecule has 1 aromatic rings. The van der Waals surface area contributed by atoms with Crippen LogP contribution in [0.3, 0.4) is 0 Å². The quantitative estimate of drug-likeness (QED) is 0.367. The third-order valence-electron chi connectivity index (χ3n) is 3.77. The van der Waals surface area contributed by atoms with E-state index in [1.807, 2.05) is 18.2 Å². The first-order valence-electron chi connectivity index (χ1n) is 8.19. The Morgan fingerprint density at radius 2 is 2.25 bits per heavy atom. The van der Waals surface area contributed by atoms with Crippen molar-refractivity contribution in [2.75, 3.05) is 33.4 Å². The van der Waals surface area contributed by atoms with Gasteiger partial charge in [0.05, 0.1) is 19.8 Å². The van der Waals surface area contributed by atoms with Crippen LogP contribution in [-0.4, -0.2) is 45.4 Å². The SMILES string of the molecule is CCNC(=NCC1CCCO1)NCCc1ccc(OC)cc1Cl.I. The Morgan fingerprint density at radius 1 is 1.42 bits per heavy atom. The molecular weight excluding hydrogens is 441 g/mol. The summed E-state index contributed by atoms with van der Waals surface area (Å²) in [6.07, 6.45) is 3.33. The summed E-state index contributed by atoms with van der Waals surface area (Å²) < 4.78 is 10.8. The lowest BCUT2D eigenvalue weighted by molar-refractivity contribution is 0.117. The van der Waals surface area contributed by atoms with E-state index in [2.05, 4.69) is 22.5 Å². The van der Waals surface area contributed by atoms with E-state index in [0.29, 0.717) is 6.54 Å². The first-order chi connectivity index (χ1) is 11.2. The van der Waals surface area contributed by atoms with Crippen molar-refractivity contribution in [3.63, 3.8) is 0 Å². The maximum atomic E-state index is 6.26. The lowest BCUT2D eigenvalue weighted by Gasteiger charge is -2.13. The molecule has 1 unspecified atom stereocenters. The van der Waals surface area contributed by atoms with Gasteiger partial charge in [-0.1, -0.05) is 17.7 Å². The highest BCUT2D eigenvalue weighted by Gasteiger charge is 2.14. The molecule has 1 fully saturated rings. The summed E-state index contributed by atoms with van der Waals surface area (Å²) in [6, 6.07) is 5.77. The molecule has 1 aromatic carbocycles. The molecule has 0 aromatic heterocycles. The zero-order valence-corrected chi connectivity index (χ0v) is 17.4. The Balaban J connectivity index is 0.00000288. The summed E-state index contributed by atoms with van der Waals surface area (Å²) in [5, 5.41) is 7.33. The maximum absolute atomic E-state index is 6.26. The van der Waals surface area contributed by atoms with Crippen LogP contribution in [-0.2, 0) is 11.2 Å². The number of hydrogen-bond donors (Lipinski definition) is 2. The molecule has 2 N–H and O–H groups in total. The van der Waals surface area contributed by atoms with Gasteiger partial charge in [-0.25, -0.2) is 0 Å². The number of guanidine groups is 1. The van der Waals surface area contributed by atoms with Crippen molar-refractivity contribution < 1.29 is 9.47 Å². The van der Waals surface area contributed by atoms with Gasteiger partial charge in [0, 0.05) is 24.7 Å². The molecule has 1 saturated heterocycles. The monoisotopic (exact) mass is 467 g/mol. The predicted octanol–water partition coefficient (Wildman–Crippen LogP) is 3.24. The number of benzene rings is 1. The molecule has 1 atom stereocenters. The van der Waals surface area contributed by atoms with Crippen molar-refractivity contribution in [2.45, 2.75) is 32.3 Å². The zero-order valence-electron chi connectivity index (χ0n) is 14.3. The van der Waals surface area contributed by atoms with Crippen LogP contribution in [0.5, 0.6) is 5.75 Å². The van der Waals surface area contributed by atoms with Crippen LogP contribution < -0.4 is 15.4 Å². The van der Waals surface area contributed by atoms with Gasteiger partial charge in [-0.2, -0.15) is 0 Å². The Hall–Kier alpha value is -0.730. The smallest absolute Gasteiger partial charge is 0.191 e. The zero-order chi connectivity index (χ0) is 16.5. The summed E-state index contributed by atoms with van der Waals surface area (Å²) >= 11 is 6.26. The molecule has 5 nitrogen and oxygen atoms in total. The van der Waals surface area contributed by atoms with Crippen molar-refractivity contribution in [1.29, 1.82) is 0 Å². The van der Waals surface area contributed by atoms with Gasteiger partial charge >= 0.3 is 0 Å².